The summed E-state index contributed by atoms with van der Waals surface area (Å²) < 4.78 is 5.40. The molecule has 0 unspecified atom stereocenters. The van der Waals surface area contributed by atoms with Crippen molar-refractivity contribution in [2.45, 2.75) is 43.9 Å². The molecule has 1 saturated carbocycles. The van der Waals surface area contributed by atoms with Crippen molar-refractivity contribution < 1.29 is 14.6 Å². The number of hydrogen-bond donors (Lipinski definition) is 1. The van der Waals surface area contributed by atoms with Gasteiger partial charge in [-0.15, -0.1) is 0 Å². The fourth-order valence-electron chi connectivity index (χ4n) is 3.61. The number of carbonyl (C=O) groups is 1. The molecule has 0 bridgehead atoms. The molecule has 0 atom stereocenters. The molecule has 2 aliphatic rings. The van der Waals surface area contributed by atoms with Crippen LogP contribution in [0.5, 0.6) is 5.75 Å². The van der Waals surface area contributed by atoms with Crippen molar-refractivity contribution in [1.82, 2.24) is 4.90 Å². The summed E-state index contributed by atoms with van der Waals surface area (Å²) in [5, 5.41) is 8.96. The van der Waals surface area contributed by atoms with Crippen molar-refractivity contribution in [1.29, 1.82) is 0 Å². The number of aliphatic hydroxyl groups excluding tert-OH is 1. The van der Waals surface area contributed by atoms with Gasteiger partial charge in [-0.3, -0.25) is 0 Å². The Morgan fingerprint density at radius 2 is 1.95 bits per heavy atom. The lowest BCUT2D eigenvalue weighted by atomic mass is 9.74. The van der Waals surface area contributed by atoms with Gasteiger partial charge in [0.2, 0.25) is 0 Å². The van der Waals surface area contributed by atoms with Crippen LogP contribution in [0.3, 0.4) is 0 Å². The first-order valence-corrected chi connectivity index (χ1v) is 8.32. The van der Waals surface area contributed by atoms with Crippen LogP contribution in [0.2, 0.25) is 0 Å². The van der Waals surface area contributed by atoms with E-state index >= 15 is 0 Å². The van der Waals surface area contributed by atoms with Crippen molar-refractivity contribution in [2.75, 3.05) is 26.7 Å². The molecule has 4 heteroatoms. The van der Waals surface area contributed by atoms with E-state index in [1.54, 1.807) is 0 Å². The summed E-state index contributed by atoms with van der Waals surface area (Å²) >= 11 is 0. The Morgan fingerprint density at radius 3 is 2.55 bits per heavy atom. The molecular weight excluding hydrogens is 278 g/mol. The van der Waals surface area contributed by atoms with Crippen LogP contribution in [0.25, 0.3) is 0 Å². The second-order valence-electron chi connectivity index (χ2n) is 6.60. The van der Waals surface area contributed by atoms with Crippen molar-refractivity contribution >= 4 is 5.97 Å². The van der Waals surface area contributed by atoms with Gasteiger partial charge in [0.15, 0.2) is 0 Å². The number of rotatable bonds is 4. The standard InChI is InChI=1S/C18H25NO3/c1-19-10-8-13(9-11-19)15-6-3-7-16(22-17(21)12-20)18(15)14-4-2-5-14/h3,6-7,13-14,20H,2,4-5,8-12H2,1H3. The molecule has 1 saturated heterocycles. The number of aliphatic hydroxyl groups is 1. The summed E-state index contributed by atoms with van der Waals surface area (Å²) in [6, 6.07) is 6.06. The van der Waals surface area contributed by atoms with Crippen LogP contribution in [0.1, 0.15) is 55.1 Å². The molecule has 4 nitrogen and oxygen atoms in total. The maximum absolute atomic E-state index is 11.5. The Labute approximate surface area is 132 Å². The van der Waals surface area contributed by atoms with Crippen LogP contribution in [0.4, 0.5) is 0 Å². The van der Waals surface area contributed by atoms with Gasteiger partial charge in [-0.25, -0.2) is 4.79 Å². The highest BCUT2D eigenvalue weighted by atomic mass is 16.5. The number of likely N-dealkylation sites (tertiary alicyclic amines) is 1. The van der Waals surface area contributed by atoms with Gasteiger partial charge in [0.25, 0.3) is 0 Å². The Balaban J connectivity index is 1.90. The highest BCUT2D eigenvalue weighted by Crippen LogP contribution is 2.46. The molecule has 2 fully saturated rings. The van der Waals surface area contributed by atoms with Gasteiger partial charge in [0.1, 0.15) is 12.4 Å². The highest BCUT2D eigenvalue weighted by molar-refractivity contribution is 5.74. The fraction of sp³-hybridized carbons (Fsp3) is 0.611. The second-order valence-corrected chi connectivity index (χ2v) is 6.60. The smallest absolute Gasteiger partial charge is 0.337 e. The van der Waals surface area contributed by atoms with E-state index in [1.165, 1.54) is 30.4 Å². The van der Waals surface area contributed by atoms with Crippen LogP contribution < -0.4 is 4.74 Å². The van der Waals surface area contributed by atoms with E-state index in [4.69, 9.17) is 9.84 Å². The van der Waals surface area contributed by atoms with E-state index in [0.29, 0.717) is 17.6 Å². The van der Waals surface area contributed by atoms with E-state index in [-0.39, 0.29) is 0 Å². The molecule has 1 aromatic carbocycles. The number of ether oxygens (including phenoxy) is 1. The molecule has 120 valence electrons. The molecule has 1 aliphatic heterocycles. The van der Waals surface area contributed by atoms with Crippen LogP contribution in [-0.4, -0.2) is 42.7 Å². The van der Waals surface area contributed by atoms with Gasteiger partial charge in [0.05, 0.1) is 0 Å². The van der Waals surface area contributed by atoms with Gasteiger partial charge >= 0.3 is 5.97 Å². The predicted molar refractivity (Wildman–Crippen MR) is 85.2 cm³/mol. The summed E-state index contributed by atoms with van der Waals surface area (Å²) in [7, 11) is 2.17. The Morgan fingerprint density at radius 1 is 1.23 bits per heavy atom. The topological polar surface area (TPSA) is 49.8 Å². The first kappa shape index (κ1) is 15.5. The molecule has 1 N–H and O–H groups in total. The Hall–Kier alpha value is -1.39. The first-order chi connectivity index (χ1) is 10.7. The summed E-state index contributed by atoms with van der Waals surface area (Å²) in [5.41, 5.74) is 2.59. The largest absolute Gasteiger partial charge is 0.425 e. The maximum Gasteiger partial charge on any atom is 0.337 e. The summed E-state index contributed by atoms with van der Waals surface area (Å²) in [5.74, 6) is 1.17. The average molecular weight is 303 g/mol. The minimum absolute atomic E-state index is 0.511. The van der Waals surface area contributed by atoms with Gasteiger partial charge in [-0.05, 0) is 69.3 Å². The lowest BCUT2D eigenvalue weighted by Crippen LogP contribution is -2.30. The molecule has 1 aliphatic carbocycles. The minimum atomic E-state index is -0.568. The van der Waals surface area contributed by atoms with Gasteiger partial charge in [0, 0.05) is 5.56 Å². The van der Waals surface area contributed by atoms with E-state index in [0.717, 1.165) is 25.9 Å². The summed E-state index contributed by atoms with van der Waals surface area (Å²) in [4.78, 5) is 13.9. The van der Waals surface area contributed by atoms with Gasteiger partial charge in [-0.1, -0.05) is 18.6 Å². The van der Waals surface area contributed by atoms with Crippen LogP contribution in [0, 0.1) is 0 Å². The highest BCUT2D eigenvalue weighted by Gasteiger charge is 2.30. The normalized spacial score (nSPS) is 20.6. The van der Waals surface area contributed by atoms with E-state index in [1.807, 2.05) is 12.1 Å². The summed E-state index contributed by atoms with van der Waals surface area (Å²) in [6.07, 6.45) is 5.92. The minimum Gasteiger partial charge on any atom is -0.425 e. The number of carbonyl (C=O) groups excluding carboxylic acids is 1. The molecule has 0 aromatic heterocycles. The number of esters is 1. The number of benzene rings is 1. The fourth-order valence-corrected chi connectivity index (χ4v) is 3.61. The lowest BCUT2D eigenvalue weighted by molar-refractivity contribution is -0.137. The zero-order chi connectivity index (χ0) is 15.5. The SMILES string of the molecule is CN1CCC(c2cccc(OC(=O)CO)c2C2CCC2)CC1. The van der Waals surface area contributed by atoms with E-state index in [2.05, 4.69) is 18.0 Å². The monoisotopic (exact) mass is 303 g/mol. The third-order valence-electron chi connectivity index (χ3n) is 5.12. The molecule has 0 radical (unpaired) electrons. The number of hydrogen-bond acceptors (Lipinski definition) is 4. The van der Waals surface area contributed by atoms with Gasteiger partial charge < -0.3 is 14.7 Å². The zero-order valence-electron chi connectivity index (χ0n) is 13.3. The van der Waals surface area contributed by atoms with Crippen LogP contribution in [0.15, 0.2) is 18.2 Å². The van der Waals surface area contributed by atoms with Crippen LogP contribution in [-0.2, 0) is 4.79 Å². The molecule has 3 rings (SSSR count). The molecule has 1 aromatic rings. The van der Waals surface area contributed by atoms with E-state index in [9.17, 15) is 4.79 Å². The van der Waals surface area contributed by atoms with Crippen molar-refractivity contribution in [3.63, 3.8) is 0 Å². The average Bonchev–Trinajstić information content (AvgIpc) is 2.48. The first-order valence-electron chi connectivity index (χ1n) is 8.32. The second kappa shape index (κ2) is 6.80. The summed E-state index contributed by atoms with van der Waals surface area (Å²) in [6.45, 7) is 1.67. The zero-order valence-corrected chi connectivity index (χ0v) is 13.3. The third kappa shape index (κ3) is 3.18. The molecular formula is C18H25NO3. The Bertz CT molecular complexity index is 531. The van der Waals surface area contributed by atoms with Crippen molar-refractivity contribution in [3.05, 3.63) is 29.3 Å². The number of nitrogens with zero attached hydrogens (tertiary/aromatic N) is 1. The molecule has 0 spiro atoms. The van der Waals surface area contributed by atoms with Crippen LogP contribution >= 0.6 is 0 Å². The quantitative estimate of drug-likeness (QED) is 0.686. The number of piperidine rings is 1. The third-order valence-corrected chi connectivity index (χ3v) is 5.12. The molecule has 0 amide bonds. The predicted octanol–water partition coefficient (Wildman–Crippen LogP) is 2.66. The van der Waals surface area contributed by atoms with E-state index < -0.39 is 12.6 Å². The maximum atomic E-state index is 11.5. The molecule has 1 heterocycles. The van der Waals surface area contributed by atoms with Gasteiger partial charge in [-0.2, -0.15) is 0 Å². The Kier molecular flexibility index (Phi) is 4.79. The lowest BCUT2D eigenvalue weighted by Gasteiger charge is -2.35. The van der Waals surface area contributed by atoms with Crippen molar-refractivity contribution in [3.8, 4) is 5.75 Å². The molecule has 22 heavy (non-hydrogen) atoms. The van der Waals surface area contributed by atoms with Crippen molar-refractivity contribution in [2.24, 2.45) is 0 Å².